The summed E-state index contributed by atoms with van der Waals surface area (Å²) in [6.45, 7) is 0. The van der Waals surface area contributed by atoms with E-state index < -0.39 is 4.92 Å². The van der Waals surface area contributed by atoms with Gasteiger partial charge >= 0.3 is 0 Å². The van der Waals surface area contributed by atoms with E-state index in [1.807, 2.05) is 0 Å². The molecule has 0 aliphatic carbocycles. The summed E-state index contributed by atoms with van der Waals surface area (Å²) in [5.41, 5.74) is 5.38. The van der Waals surface area contributed by atoms with Crippen molar-refractivity contribution in [2.24, 2.45) is 0 Å². The van der Waals surface area contributed by atoms with Gasteiger partial charge < -0.3 is 19.9 Å². The van der Waals surface area contributed by atoms with Crippen LogP contribution in [-0.2, 0) is 0 Å². The molecule has 0 bridgehead atoms. The highest BCUT2D eigenvalue weighted by Gasteiger charge is 2.14. The third-order valence-corrected chi connectivity index (χ3v) is 2.48. The number of anilines is 1. The molecule has 0 unspecified atom stereocenters. The number of nitrogen functional groups attached to an aromatic ring is 1. The van der Waals surface area contributed by atoms with Crippen LogP contribution in [0.5, 0.6) is 23.3 Å². The lowest BCUT2D eigenvalue weighted by Crippen LogP contribution is -2.00. The monoisotopic (exact) mass is 292 g/mol. The highest BCUT2D eigenvalue weighted by atomic mass is 16.6. The minimum atomic E-state index is -0.540. The second kappa shape index (κ2) is 5.90. The normalized spacial score (nSPS) is 10.0. The number of benzene rings is 1. The van der Waals surface area contributed by atoms with Gasteiger partial charge in [-0.05, 0) is 6.07 Å². The van der Waals surface area contributed by atoms with Gasteiger partial charge in [-0.25, -0.2) is 0 Å². The van der Waals surface area contributed by atoms with Gasteiger partial charge in [0, 0.05) is 6.07 Å². The van der Waals surface area contributed by atoms with Gasteiger partial charge in [-0.3, -0.25) is 10.1 Å². The van der Waals surface area contributed by atoms with Crippen LogP contribution in [0.2, 0.25) is 0 Å². The van der Waals surface area contributed by atoms with Gasteiger partial charge in [0.15, 0.2) is 11.5 Å². The number of ether oxygens (including phenoxy) is 3. The lowest BCUT2D eigenvalue weighted by atomic mass is 10.3. The Balaban J connectivity index is 2.40. The van der Waals surface area contributed by atoms with Crippen LogP contribution in [0.3, 0.4) is 0 Å². The van der Waals surface area contributed by atoms with Crippen LogP contribution in [0.25, 0.3) is 0 Å². The Labute approximate surface area is 119 Å². The number of hydrogen-bond acceptors (Lipinski definition) is 8. The maximum absolute atomic E-state index is 10.8. The number of nitrogens with two attached hydrogens (primary N) is 1. The summed E-state index contributed by atoms with van der Waals surface area (Å²) in [6, 6.07) is 5.36. The smallest absolute Gasteiger partial charge is 0.273 e. The van der Waals surface area contributed by atoms with E-state index in [-0.39, 0.29) is 29.1 Å². The second-order valence-corrected chi connectivity index (χ2v) is 3.80. The van der Waals surface area contributed by atoms with E-state index in [1.54, 1.807) is 0 Å². The van der Waals surface area contributed by atoms with Gasteiger partial charge in [-0.2, -0.15) is 9.97 Å². The van der Waals surface area contributed by atoms with E-state index in [9.17, 15) is 10.1 Å². The van der Waals surface area contributed by atoms with Gasteiger partial charge in [0.25, 0.3) is 5.69 Å². The van der Waals surface area contributed by atoms with Crippen molar-refractivity contribution in [1.82, 2.24) is 9.97 Å². The first-order chi connectivity index (χ1) is 10.0. The third-order valence-electron chi connectivity index (χ3n) is 2.48. The van der Waals surface area contributed by atoms with E-state index in [4.69, 9.17) is 19.9 Å². The summed E-state index contributed by atoms with van der Waals surface area (Å²) in [7, 11) is 2.84. The van der Waals surface area contributed by atoms with E-state index in [2.05, 4.69) is 9.97 Å². The molecule has 0 amide bonds. The Hall–Kier alpha value is -3.10. The quantitative estimate of drug-likeness (QED) is 0.653. The van der Waals surface area contributed by atoms with Gasteiger partial charge in [-0.15, -0.1) is 0 Å². The maximum Gasteiger partial charge on any atom is 0.273 e. The fraction of sp³-hybridized carbons (Fsp3) is 0.167. The van der Waals surface area contributed by atoms with Gasteiger partial charge in [0.05, 0.1) is 31.3 Å². The molecule has 21 heavy (non-hydrogen) atoms. The van der Waals surface area contributed by atoms with Crippen molar-refractivity contribution in [3.8, 4) is 23.3 Å². The SMILES string of the molecule is COc1cc(Oc2cc([N+](=O)[O-])ccc2OC)nc(N)n1. The molecule has 2 N–H and O–H groups in total. The minimum Gasteiger partial charge on any atom is -0.493 e. The standard InChI is InChI=1S/C12H12N4O5/c1-19-8-4-3-7(16(17)18)5-9(8)21-11-6-10(20-2)14-12(13)15-11/h3-6H,1-2H3,(H2,13,14,15). The molecule has 1 aromatic carbocycles. The van der Waals surface area contributed by atoms with E-state index in [0.717, 1.165) is 0 Å². The molecule has 1 aromatic heterocycles. The van der Waals surface area contributed by atoms with Crippen molar-refractivity contribution >= 4 is 11.6 Å². The Morgan fingerprint density at radius 2 is 1.81 bits per heavy atom. The Kier molecular flexibility index (Phi) is 4.02. The zero-order valence-electron chi connectivity index (χ0n) is 11.3. The zero-order chi connectivity index (χ0) is 15.4. The van der Waals surface area contributed by atoms with Gasteiger partial charge in [0.1, 0.15) is 0 Å². The summed E-state index contributed by atoms with van der Waals surface area (Å²) in [6.07, 6.45) is 0. The average Bonchev–Trinajstić information content (AvgIpc) is 2.46. The lowest BCUT2D eigenvalue weighted by molar-refractivity contribution is -0.384. The minimum absolute atomic E-state index is 0.0475. The van der Waals surface area contributed by atoms with Gasteiger partial charge in [-0.1, -0.05) is 0 Å². The number of non-ortho nitro benzene ring substituents is 1. The molecular formula is C12H12N4O5. The van der Waals surface area contributed by atoms with Crippen LogP contribution in [0.1, 0.15) is 0 Å². The third kappa shape index (κ3) is 3.26. The van der Waals surface area contributed by atoms with Crippen molar-refractivity contribution in [1.29, 1.82) is 0 Å². The number of nitrogens with zero attached hydrogens (tertiary/aromatic N) is 3. The Morgan fingerprint density at radius 3 is 2.43 bits per heavy atom. The average molecular weight is 292 g/mol. The molecule has 9 nitrogen and oxygen atoms in total. The van der Waals surface area contributed by atoms with Crippen LogP contribution in [-0.4, -0.2) is 29.1 Å². The second-order valence-electron chi connectivity index (χ2n) is 3.80. The molecule has 0 radical (unpaired) electrons. The van der Waals surface area contributed by atoms with E-state index in [0.29, 0.717) is 5.75 Å². The summed E-state index contributed by atoms with van der Waals surface area (Å²) in [4.78, 5) is 17.9. The first kappa shape index (κ1) is 14.3. The van der Waals surface area contributed by atoms with Crippen LogP contribution in [0.15, 0.2) is 24.3 Å². The number of nitro benzene ring substituents is 1. The molecule has 0 spiro atoms. The van der Waals surface area contributed by atoms with Gasteiger partial charge in [0.2, 0.25) is 17.7 Å². The molecule has 9 heteroatoms. The molecule has 2 aromatic rings. The number of rotatable bonds is 5. The number of hydrogen-bond donors (Lipinski definition) is 1. The summed E-state index contributed by atoms with van der Waals surface area (Å²) >= 11 is 0. The van der Waals surface area contributed by atoms with Crippen LogP contribution >= 0.6 is 0 Å². The van der Waals surface area contributed by atoms with Crippen LogP contribution in [0, 0.1) is 10.1 Å². The van der Waals surface area contributed by atoms with E-state index in [1.165, 1.54) is 38.5 Å². The first-order valence-corrected chi connectivity index (χ1v) is 5.72. The largest absolute Gasteiger partial charge is 0.493 e. The van der Waals surface area contributed by atoms with Crippen LogP contribution in [0.4, 0.5) is 11.6 Å². The maximum atomic E-state index is 10.8. The molecule has 0 aliphatic rings. The predicted octanol–water partition coefficient (Wildman–Crippen LogP) is 1.78. The zero-order valence-corrected chi connectivity index (χ0v) is 11.3. The predicted molar refractivity (Wildman–Crippen MR) is 72.7 cm³/mol. The molecule has 0 atom stereocenters. The molecule has 0 aliphatic heterocycles. The fourth-order valence-corrected chi connectivity index (χ4v) is 1.55. The lowest BCUT2D eigenvalue weighted by Gasteiger charge is -2.10. The highest BCUT2D eigenvalue weighted by molar-refractivity contribution is 5.50. The van der Waals surface area contributed by atoms with E-state index >= 15 is 0 Å². The number of aromatic nitrogens is 2. The first-order valence-electron chi connectivity index (χ1n) is 5.72. The molecule has 0 saturated heterocycles. The van der Waals surface area contributed by atoms with Crippen molar-refractivity contribution in [3.63, 3.8) is 0 Å². The Bertz CT molecular complexity index is 677. The topological polar surface area (TPSA) is 123 Å². The summed E-state index contributed by atoms with van der Waals surface area (Å²) < 4.78 is 15.5. The fourth-order valence-electron chi connectivity index (χ4n) is 1.55. The summed E-state index contributed by atoms with van der Waals surface area (Å²) in [5.74, 6) is 0.692. The number of nitro groups is 1. The summed E-state index contributed by atoms with van der Waals surface area (Å²) in [5, 5.41) is 10.8. The highest BCUT2D eigenvalue weighted by Crippen LogP contribution is 2.34. The molecule has 1 heterocycles. The van der Waals surface area contributed by atoms with Crippen molar-refractivity contribution in [3.05, 3.63) is 34.4 Å². The van der Waals surface area contributed by atoms with Crippen molar-refractivity contribution in [2.75, 3.05) is 20.0 Å². The molecule has 110 valence electrons. The molecule has 0 saturated carbocycles. The Morgan fingerprint density at radius 1 is 1.10 bits per heavy atom. The number of methoxy groups -OCH3 is 2. The molecule has 0 fully saturated rings. The van der Waals surface area contributed by atoms with Crippen molar-refractivity contribution < 1.29 is 19.1 Å². The molecular weight excluding hydrogens is 280 g/mol. The molecule has 2 rings (SSSR count). The van der Waals surface area contributed by atoms with Crippen molar-refractivity contribution in [2.45, 2.75) is 0 Å². The van der Waals surface area contributed by atoms with Crippen LogP contribution < -0.4 is 19.9 Å².